The fourth-order valence-corrected chi connectivity index (χ4v) is 4.39. The topological polar surface area (TPSA) is 141 Å². The summed E-state index contributed by atoms with van der Waals surface area (Å²) in [6, 6.07) is 4.28. The van der Waals surface area contributed by atoms with E-state index in [1.807, 2.05) is 20.8 Å². The molecule has 0 spiro atoms. The summed E-state index contributed by atoms with van der Waals surface area (Å²) in [6.07, 6.45) is 1.26. The Morgan fingerprint density at radius 1 is 1.30 bits per heavy atom. The predicted molar refractivity (Wildman–Crippen MR) is 122 cm³/mol. The second kappa shape index (κ2) is 9.84. The van der Waals surface area contributed by atoms with Gasteiger partial charge in [-0.1, -0.05) is 12.1 Å². The number of nitrogens with two attached hydrogens (primary N) is 2. The molecule has 1 fully saturated rings. The molecule has 2 aromatic rings. The smallest absolute Gasteiger partial charge is 0.270 e. The SMILES string of the molecule is CC(C)(C)NC(=O)[C@@H](c1ccc(F)cc1)N(C[C@H]1CCCO1)C(=O)c1snc(C(N)=O)c1N. The van der Waals surface area contributed by atoms with Crippen molar-refractivity contribution in [3.63, 3.8) is 0 Å². The van der Waals surface area contributed by atoms with Crippen molar-refractivity contribution in [3.05, 3.63) is 46.2 Å². The fourth-order valence-electron chi connectivity index (χ4n) is 3.63. The van der Waals surface area contributed by atoms with E-state index in [-0.39, 0.29) is 28.9 Å². The van der Waals surface area contributed by atoms with E-state index in [4.69, 9.17) is 16.2 Å². The van der Waals surface area contributed by atoms with E-state index < -0.39 is 35.1 Å². The van der Waals surface area contributed by atoms with Gasteiger partial charge in [0.2, 0.25) is 5.91 Å². The van der Waals surface area contributed by atoms with Gasteiger partial charge in [-0.15, -0.1) is 0 Å². The first-order valence-corrected chi connectivity index (χ1v) is 11.3. The normalized spacial score (nSPS) is 16.9. The van der Waals surface area contributed by atoms with Crippen molar-refractivity contribution in [1.29, 1.82) is 0 Å². The number of nitrogens with zero attached hydrogens (tertiary/aromatic N) is 2. The molecule has 1 aromatic carbocycles. The summed E-state index contributed by atoms with van der Waals surface area (Å²) in [7, 11) is 0. The Hall–Kier alpha value is -3.05. The number of halogens is 1. The van der Waals surface area contributed by atoms with Crippen LogP contribution in [0.3, 0.4) is 0 Å². The van der Waals surface area contributed by atoms with Crippen LogP contribution < -0.4 is 16.8 Å². The highest BCUT2D eigenvalue weighted by atomic mass is 32.1. The highest BCUT2D eigenvalue weighted by molar-refractivity contribution is 7.09. The third-order valence-corrected chi connectivity index (χ3v) is 5.94. The molecule has 1 saturated heterocycles. The number of carbonyl (C=O) groups excluding carboxylic acids is 3. The number of amides is 3. The van der Waals surface area contributed by atoms with Crippen LogP contribution in [0.2, 0.25) is 0 Å². The first kappa shape index (κ1) is 24.6. The minimum Gasteiger partial charge on any atom is -0.395 e. The molecule has 1 aliphatic heterocycles. The van der Waals surface area contributed by atoms with Crippen LogP contribution in [0.15, 0.2) is 24.3 Å². The molecule has 0 unspecified atom stereocenters. The molecule has 3 rings (SSSR count). The summed E-state index contributed by atoms with van der Waals surface area (Å²) in [4.78, 5) is 40.1. The zero-order valence-corrected chi connectivity index (χ0v) is 19.6. The molecule has 2 atom stereocenters. The Morgan fingerprint density at radius 2 is 1.97 bits per heavy atom. The van der Waals surface area contributed by atoms with Gasteiger partial charge in [0.15, 0.2) is 5.69 Å². The molecule has 0 aliphatic carbocycles. The zero-order chi connectivity index (χ0) is 24.3. The second-order valence-electron chi connectivity index (χ2n) is 8.92. The number of nitrogen functional groups attached to an aromatic ring is 1. The van der Waals surface area contributed by atoms with Crippen LogP contribution in [0, 0.1) is 5.82 Å². The van der Waals surface area contributed by atoms with Crippen molar-refractivity contribution < 1.29 is 23.5 Å². The number of rotatable bonds is 7. The van der Waals surface area contributed by atoms with Crippen LogP contribution in [-0.2, 0) is 9.53 Å². The highest BCUT2D eigenvalue weighted by Gasteiger charge is 2.37. The van der Waals surface area contributed by atoms with Gasteiger partial charge in [-0.25, -0.2) is 4.39 Å². The zero-order valence-electron chi connectivity index (χ0n) is 18.8. The molecule has 0 radical (unpaired) electrons. The van der Waals surface area contributed by atoms with Crippen LogP contribution in [0.25, 0.3) is 0 Å². The molecule has 0 bridgehead atoms. The molecule has 9 nitrogen and oxygen atoms in total. The quantitative estimate of drug-likeness (QED) is 0.559. The summed E-state index contributed by atoms with van der Waals surface area (Å²) in [5.74, 6) is -2.36. The number of nitrogens with one attached hydrogen (secondary N) is 1. The Kier molecular flexibility index (Phi) is 7.33. The standard InChI is InChI=1S/C22H28FN5O4S/c1-22(2,3)26-20(30)17(12-6-8-13(23)9-7-12)28(11-14-5-4-10-32-14)21(31)18-15(24)16(19(25)29)27-33-18/h6-9,14,17H,4-5,10-11,24H2,1-3H3,(H2,25,29)(H,26,30)/t14-,17-/m1/s1. The first-order valence-electron chi connectivity index (χ1n) is 10.5. The number of ether oxygens (including phenoxy) is 1. The number of hydrogen-bond donors (Lipinski definition) is 3. The summed E-state index contributed by atoms with van der Waals surface area (Å²) in [5, 5.41) is 2.90. The van der Waals surface area contributed by atoms with Gasteiger partial charge in [0.1, 0.15) is 16.7 Å². The number of benzene rings is 1. The van der Waals surface area contributed by atoms with E-state index >= 15 is 0 Å². The second-order valence-corrected chi connectivity index (χ2v) is 9.70. The lowest BCUT2D eigenvalue weighted by Crippen LogP contribution is -2.50. The van der Waals surface area contributed by atoms with Crippen molar-refractivity contribution in [1.82, 2.24) is 14.6 Å². The molecular formula is C22H28FN5O4S. The van der Waals surface area contributed by atoms with E-state index in [0.29, 0.717) is 18.6 Å². The molecule has 178 valence electrons. The molecular weight excluding hydrogens is 449 g/mol. The van der Waals surface area contributed by atoms with E-state index in [1.165, 1.54) is 29.2 Å². The summed E-state index contributed by atoms with van der Waals surface area (Å²) < 4.78 is 23.3. The molecule has 0 saturated carbocycles. The summed E-state index contributed by atoms with van der Waals surface area (Å²) in [5.41, 5.74) is 10.8. The lowest BCUT2D eigenvalue weighted by Gasteiger charge is -2.34. The largest absolute Gasteiger partial charge is 0.395 e. The van der Waals surface area contributed by atoms with Crippen molar-refractivity contribution >= 4 is 34.9 Å². The van der Waals surface area contributed by atoms with Crippen molar-refractivity contribution in [3.8, 4) is 0 Å². The predicted octanol–water partition coefficient (Wildman–Crippen LogP) is 2.24. The van der Waals surface area contributed by atoms with Crippen LogP contribution in [0.5, 0.6) is 0 Å². The summed E-state index contributed by atoms with van der Waals surface area (Å²) in [6.45, 7) is 6.11. The number of hydrogen-bond acceptors (Lipinski definition) is 7. The molecule has 5 N–H and O–H groups in total. The Balaban J connectivity index is 2.08. The molecule has 1 aromatic heterocycles. The maximum Gasteiger partial charge on any atom is 0.270 e. The van der Waals surface area contributed by atoms with Crippen molar-refractivity contribution in [2.75, 3.05) is 18.9 Å². The van der Waals surface area contributed by atoms with Crippen LogP contribution >= 0.6 is 11.5 Å². The van der Waals surface area contributed by atoms with Gasteiger partial charge >= 0.3 is 0 Å². The van der Waals surface area contributed by atoms with Crippen LogP contribution in [0.1, 0.15) is 65.4 Å². The fraction of sp³-hybridized carbons (Fsp3) is 0.455. The molecule has 3 amide bonds. The minimum absolute atomic E-state index is 0.00235. The van der Waals surface area contributed by atoms with Gasteiger partial charge in [0.05, 0.1) is 11.8 Å². The number of aromatic nitrogens is 1. The van der Waals surface area contributed by atoms with Gasteiger partial charge in [-0.05, 0) is 62.8 Å². The van der Waals surface area contributed by atoms with Crippen LogP contribution in [-0.4, -0.2) is 51.8 Å². The Bertz CT molecular complexity index is 1030. The number of primary amides is 1. The number of carbonyl (C=O) groups is 3. The maximum atomic E-state index is 13.7. The van der Waals surface area contributed by atoms with Crippen LogP contribution in [0.4, 0.5) is 10.1 Å². The molecule has 1 aliphatic rings. The molecule has 33 heavy (non-hydrogen) atoms. The van der Waals surface area contributed by atoms with Gasteiger partial charge < -0.3 is 26.4 Å². The lowest BCUT2D eigenvalue weighted by molar-refractivity contribution is -0.127. The average molecular weight is 478 g/mol. The van der Waals surface area contributed by atoms with Gasteiger partial charge in [-0.3, -0.25) is 14.4 Å². The molecule has 2 heterocycles. The van der Waals surface area contributed by atoms with Crippen molar-refractivity contribution in [2.45, 2.75) is 51.3 Å². The van der Waals surface area contributed by atoms with Gasteiger partial charge in [0, 0.05) is 18.7 Å². The number of anilines is 1. The third kappa shape index (κ3) is 5.85. The van der Waals surface area contributed by atoms with E-state index in [2.05, 4.69) is 9.69 Å². The summed E-state index contributed by atoms with van der Waals surface area (Å²) >= 11 is 0.739. The average Bonchev–Trinajstić information content (AvgIpc) is 3.36. The van der Waals surface area contributed by atoms with E-state index in [1.54, 1.807) is 0 Å². The Labute approximate surface area is 195 Å². The van der Waals surface area contributed by atoms with Crippen molar-refractivity contribution in [2.24, 2.45) is 5.73 Å². The van der Waals surface area contributed by atoms with Gasteiger partial charge in [-0.2, -0.15) is 4.37 Å². The van der Waals surface area contributed by atoms with Gasteiger partial charge in [0.25, 0.3) is 11.8 Å². The monoisotopic (exact) mass is 477 g/mol. The first-order chi connectivity index (χ1) is 15.5. The maximum absolute atomic E-state index is 13.7. The van der Waals surface area contributed by atoms with E-state index in [0.717, 1.165) is 18.0 Å². The van der Waals surface area contributed by atoms with E-state index in [9.17, 15) is 18.8 Å². The molecule has 11 heteroatoms. The highest BCUT2D eigenvalue weighted by Crippen LogP contribution is 2.31. The third-order valence-electron chi connectivity index (χ3n) is 5.08. The Morgan fingerprint density at radius 3 is 2.48 bits per heavy atom. The minimum atomic E-state index is -1.10. The lowest BCUT2D eigenvalue weighted by atomic mass is 10.0.